The fourth-order valence-corrected chi connectivity index (χ4v) is 2.12. The number of aromatic nitrogens is 2. The fraction of sp³-hybridized carbons (Fsp3) is 0.250. The van der Waals surface area contributed by atoms with E-state index in [1.165, 1.54) is 0 Å². The minimum Gasteiger partial charge on any atom is -0.337 e. The van der Waals surface area contributed by atoms with Gasteiger partial charge in [0.15, 0.2) is 0 Å². The van der Waals surface area contributed by atoms with Crippen LogP contribution in [0.5, 0.6) is 0 Å². The maximum absolute atomic E-state index is 4.75. The Bertz CT molecular complexity index is 662. The lowest BCUT2D eigenvalue weighted by Gasteiger charge is -2.03. The summed E-state index contributed by atoms with van der Waals surface area (Å²) in [6.45, 7) is 14.2. The summed E-state index contributed by atoms with van der Waals surface area (Å²) in [7, 11) is 0. The highest BCUT2D eigenvalue weighted by Gasteiger charge is 2.14. The number of aromatic amines is 1. The third-order valence-electron chi connectivity index (χ3n) is 3.23. The summed E-state index contributed by atoms with van der Waals surface area (Å²) < 4.78 is 0. The normalized spacial score (nSPS) is 13.9. The Balaban J connectivity index is 3.48. The largest absolute Gasteiger partial charge is 0.337 e. The van der Waals surface area contributed by atoms with Crippen LogP contribution in [0.15, 0.2) is 55.2 Å². The van der Waals surface area contributed by atoms with E-state index in [9.17, 15) is 0 Å². The van der Waals surface area contributed by atoms with Crippen molar-refractivity contribution in [3.8, 4) is 0 Å². The Morgan fingerprint density at radius 2 is 1.73 bits per heavy atom. The highest BCUT2D eigenvalue weighted by atomic mass is 14.9. The maximum Gasteiger partial charge on any atom is 0.137 e. The summed E-state index contributed by atoms with van der Waals surface area (Å²) in [6, 6.07) is 0. The number of nitrogens with one attached hydrogen (secondary N) is 1. The monoisotopic (exact) mass is 294 g/mol. The number of allylic oxidation sites excluding steroid dienone is 11. The van der Waals surface area contributed by atoms with Gasteiger partial charge in [-0.2, -0.15) is 0 Å². The first-order valence-electron chi connectivity index (χ1n) is 7.60. The molecule has 0 bridgehead atoms. The Hall–Kier alpha value is -2.35. The Labute approximate surface area is 134 Å². The van der Waals surface area contributed by atoms with Gasteiger partial charge in [-0.1, -0.05) is 55.2 Å². The molecule has 2 nitrogen and oxygen atoms in total. The third-order valence-corrected chi connectivity index (χ3v) is 3.23. The van der Waals surface area contributed by atoms with Crippen LogP contribution in [-0.2, 0) is 0 Å². The Morgan fingerprint density at radius 3 is 2.27 bits per heavy atom. The molecule has 0 spiro atoms. The van der Waals surface area contributed by atoms with Crippen LogP contribution in [0.4, 0.5) is 0 Å². The van der Waals surface area contributed by atoms with Crippen molar-refractivity contribution in [3.05, 3.63) is 72.4 Å². The predicted molar refractivity (Wildman–Crippen MR) is 99.4 cm³/mol. The Kier molecular flexibility index (Phi) is 7.11. The van der Waals surface area contributed by atoms with Gasteiger partial charge in [0.05, 0.1) is 11.4 Å². The van der Waals surface area contributed by atoms with Crippen LogP contribution in [0.3, 0.4) is 0 Å². The first kappa shape index (κ1) is 17.7. The molecule has 0 amide bonds. The molecule has 0 aliphatic heterocycles. The molecule has 0 atom stereocenters. The summed E-state index contributed by atoms with van der Waals surface area (Å²) in [5.41, 5.74) is 5.11. The number of hydrogen-bond donors (Lipinski definition) is 1. The van der Waals surface area contributed by atoms with Gasteiger partial charge in [-0.3, -0.25) is 0 Å². The third kappa shape index (κ3) is 4.32. The van der Waals surface area contributed by atoms with Crippen LogP contribution in [0.25, 0.3) is 16.7 Å². The number of H-pyrrole nitrogens is 1. The molecule has 0 saturated carbocycles. The van der Waals surface area contributed by atoms with Gasteiger partial charge in [0.2, 0.25) is 0 Å². The van der Waals surface area contributed by atoms with Crippen molar-refractivity contribution in [2.75, 3.05) is 0 Å². The van der Waals surface area contributed by atoms with Crippen molar-refractivity contribution in [1.82, 2.24) is 9.97 Å². The summed E-state index contributed by atoms with van der Waals surface area (Å²) >= 11 is 0. The molecular weight excluding hydrogens is 268 g/mol. The molecule has 0 aliphatic carbocycles. The number of imidazole rings is 1. The zero-order valence-electron chi connectivity index (χ0n) is 14.3. The average Bonchev–Trinajstić information content (AvgIpc) is 2.95. The lowest BCUT2D eigenvalue weighted by molar-refractivity contribution is 1.23. The second kappa shape index (κ2) is 8.83. The number of nitrogens with zero attached hydrogens (tertiary/aromatic N) is 1. The van der Waals surface area contributed by atoms with Crippen LogP contribution in [0.1, 0.15) is 51.8 Å². The van der Waals surface area contributed by atoms with E-state index in [1.807, 2.05) is 58.1 Å². The van der Waals surface area contributed by atoms with Crippen molar-refractivity contribution in [3.63, 3.8) is 0 Å². The van der Waals surface area contributed by atoms with E-state index in [4.69, 9.17) is 4.98 Å². The molecule has 0 aliphatic rings. The van der Waals surface area contributed by atoms with Gasteiger partial charge in [0, 0.05) is 5.57 Å². The van der Waals surface area contributed by atoms with Crippen molar-refractivity contribution < 1.29 is 0 Å². The average molecular weight is 294 g/mol. The van der Waals surface area contributed by atoms with Gasteiger partial charge in [-0.25, -0.2) is 4.98 Å². The van der Waals surface area contributed by atoms with Gasteiger partial charge in [-0.05, 0) is 45.8 Å². The summed E-state index contributed by atoms with van der Waals surface area (Å²) in [6.07, 6.45) is 16.2. The molecule has 0 saturated heterocycles. The van der Waals surface area contributed by atoms with E-state index in [0.717, 1.165) is 33.9 Å². The van der Waals surface area contributed by atoms with E-state index < -0.39 is 0 Å². The summed E-state index contributed by atoms with van der Waals surface area (Å²) in [5.74, 6) is 0.806. The van der Waals surface area contributed by atoms with Crippen LogP contribution in [0.2, 0.25) is 0 Å². The fourth-order valence-electron chi connectivity index (χ4n) is 2.12. The predicted octanol–water partition coefficient (Wildman–Crippen LogP) is 5.96. The van der Waals surface area contributed by atoms with Crippen molar-refractivity contribution in [2.45, 2.75) is 34.6 Å². The molecular formula is C20H26N2. The minimum absolute atomic E-state index is 0.806. The van der Waals surface area contributed by atoms with Crippen LogP contribution in [-0.4, -0.2) is 9.97 Å². The second-order valence-corrected chi connectivity index (χ2v) is 4.95. The summed E-state index contributed by atoms with van der Waals surface area (Å²) in [4.78, 5) is 8.16. The molecule has 1 rings (SSSR count). The first-order chi connectivity index (χ1) is 10.6. The standard InChI is InChI=1S/C20H26N2/c1-7-11-14-15(5)18-19(17(10-4)13-9-3)22-20(21-18)16(6)12-8-2/h7-14H,6H2,1-5H3,(H,21,22)/b11-7?,12-8?,13-9?,15-14+,17-10+. The van der Waals surface area contributed by atoms with Gasteiger partial charge in [0.25, 0.3) is 0 Å². The van der Waals surface area contributed by atoms with Crippen LogP contribution < -0.4 is 0 Å². The SMILES string of the molecule is C=C(C=CC)c1nc(/C(C)=C/C=CC)c(/C(C=CC)=C/C)[nH]1. The molecule has 0 unspecified atom stereocenters. The van der Waals surface area contributed by atoms with E-state index >= 15 is 0 Å². The quantitative estimate of drug-likeness (QED) is 0.644. The molecule has 1 heterocycles. The topological polar surface area (TPSA) is 28.7 Å². The minimum atomic E-state index is 0.806. The van der Waals surface area contributed by atoms with Crippen molar-refractivity contribution >= 4 is 16.7 Å². The van der Waals surface area contributed by atoms with E-state index in [0.29, 0.717) is 0 Å². The lowest BCUT2D eigenvalue weighted by Crippen LogP contribution is -1.89. The zero-order valence-corrected chi connectivity index (χ0v) is 14.3. The first-order valence-corrected chi connectivity index (χ1v) is 7.60. The molecule has 0 radical (unpaired) electrons. The van der Waals surface area contributed by atoms with Gasteiger partial charge < -0.3 is 4.98 Å². The number of hydrogen-bond acceptors (Lipinski definition) is 1. The molecule has 0 fully saturated rings. The molecule has 1 aromatic heterocycles. The number of rotatable bonds is 6. The molecule has 1 aromatic rings. The smallest absolute Gasteiger partial charge is 0.137 e. The van der Waals surface area contributed by atoms with Crippen molar-refractivity contribution in [2.24, 2.45) is 0 Å². The van der Waals surface area contributed by atoms with Crippen LogP contribution in [0, 0.1) is 0 Å². The van der Waals surface area contributed by atoms with Gasteiger partial charge >= 0.3 is 0 Å². The van der Waals surface area contributed by atoms with E-state index in [1.54, 1.807) is 0 Å². The zero-order chi connectivity index (χ0) is 16.5. The summed E-state index contributed by atoms with van der Waals surface area (Å²) in [5, 5.41) is 0. The van der Waals surface area contributed by atoms with Gasteiger partial charge in [0.1, 0.15) is 5.82 Å². The van der Waals surface area contributed by atoms with Crippen molar-refractivity contribution in [1.29, 1.82) is 0 Å². The second-order valence-electron chi connectivity index (χ2n) is 4.95. The molecule has 116 valence electrons. The van der Waals surface area contributed by atoms with E-state index in [2.05, 4.69) is 36.7 Å². The lowest BCUT2D eigenvalue weighted by atomic mass is 10.1. The molecule has 22 heavy (non-hydrogen) atoms. The maximum atomic E-state index is 4.75. The van der Waals surface area contributed by atoms with E-state index in [-0.39, 0.29) is 0 Å². The molecule has 1 N–H and O–H groups in total. The molecule has 0 aromatic carbocycles. The Morgan fingerprint density at radius 1 is 1.05 bits per heavy atom. The molecule has 2 heteroatoms. The highest BCUT2D eigenvalue weighted by molar-refractivity contribution is 5.82. The highest BCUT2D eigenvalue weighted by Crippen LogP contribution is 2.26. The van der Waals surface area contributed by atoms with Gasteiger partial charge in [-0.15, -0.1) is 0 Å². The van der Waals surface area contributed by atoms with Crippen LogP contribution >= 0.6 is 0 Å².